The zero-order valence-corrected chi connectivity index (χ0v) is 21.5. The van der Waals surface area contributed by atoms with Crippen LogP contribution in [0.3, 0.4) is 0 Å². The van der Waals surface area contributed by atoms with Crippen molar-refractivity contribution in [3.05, 3.63) is 54.2 Å². The molecular weight excluding hydrogens is 530 g/mol. The third kappa shape index (κ3) is 8.05. The number of hydrogen-bond acceptors (Lipinski definition) is 8. The van der Waals surface area contributed by atoms with Crippen molar-refractivity contribution in [2.45, 2.75) is 43.4 Å². The number of H-pyrrole nitrogens is 2. The minimum Gasteiger partial charge on any atom is -0.481 e. The molecule has 0 aliphatic heterocycles. The van der Waals surface area contributed by atoms with Gasteiger partial charge in [0.25, 0.3) is 0 Å². The minimum absolute atomic E-state index is 0.0156. The van der Waals surface area contributed by atoms with E-state index in [2.05, 4.69) is 43.5 Å². The lowest BCUT2D eigenvalue weighted by Gasteiger charge is -2.24. The summed E-state index contributed by atoms with van der Waals surface area (Å²) in [5.74, 6) is -5.21. The van der Waals surface area contributed by atoms with E-state index < -0.39 is 60.2 Å². The molecule has 0 fully saturated rings. The number of aromatic amines is 2. The van der Waals surface area contributed by atoms with Crippen LogP contribution < -0.4 is 21.7 Å². The molecule has 0 radical (unpaired) electrons. The summed E-state index contributed by atoms with van der Waals surface area (Å²) in [6, 6.07) is 2.10. The van der Waals surface area contributed by atoms with Gasteiger partial charge in [0.05, 0.1) is 18.8 Å². The standard InChI is InChI=1S/C24H29N7O7S/c25-15(7-20(32)33)21(34)29-17(6-13-9-26-11-28-13)22(35)31-19(10-39)23(36)30-18(24(37)38)5-12-8-27-16-4-2-1-3-14(12)16/h1-4,8-9,11,15,17-19,27,39H,5-7,10,25H2,(H,26,28)(H,29,34)(H,30,36)(H,31,35)(H,32,33)(H,37,38). The van der Waals surface area contributed by atoms with Crippen LogP contribution in [-0.2, 0) is 36.8 Å². The van der Waals surface area contributed by atoms with Gasteiger partial charge >= 0.3 is 11.9 Å². The van der Waals surface area contributed by atoms with Crippen LogP contribution in [0.25, 0.3) is 10.9 Å². The molecule has 0 aliphatic rings. The number of para-hydroxylation sites is 1. The average molecular weight is 560 g/mol. The molecule has 4 unspecified atom stereocenters. The van der Waals surface area contributed by atoms with Gasteiger partial charge in [-0.3, -0.25) is 19.2 Å². The Labute approximate surface area is 227 Å². The van der Waals surface area contributed by atoms with E-state index in [4.69, 9.17) is 10.8 Å². The molecule has 39 heavy (non-hydrogen) atoms. The van der Waals surface area contributed by atoms with Crippen LogP contribution in [0.2, 0.25) is 0 Å². The number of carbonyl (C=O) groups excluding carboxylic acids is 3. The second-order valence-electron chi connectivity index (χ2n) is 8.75. The molecule has 3 aromatic rings. The van der Waals surface area contributed by atoms with Crippen LogP contribution in [0, 0.1) is 0 Å². The fraction of sp³-hybridized carbons (Fsp3) is 0.333. The average Bonchev–Trinajstić information content (AvgIpc) is 3.55. The fourth-order valence-corrected chi connectivity index (χ4v) is 4.10. The number of carboxylic acid groups (broad SMARTS) is 2. The van der Waals surface area contributed by atoms with Gasteiger partial charge in [0, 0.05) is 47.6 Å². The summed E-state index contributed by atoms with van der Waals surface area (Å²) in [5, 5.41) is 26.7. The summed E-state index contributed by atoms with van der Waals surface area (Å²) in [7, 11) is 0. The van der Waals surface area contributed by atoms with Crippen LogP contribution in [0.5, 0.6) is 0 Å². The van der Waals surface area contributed by atoms with Crippen molar-refractivity contribution in [3.63, 3.8) is 0 Å². The van der Waals surface area contributed by atoms with Gasteiger partial charge in [-0.05, 0) is 11.6 Å². The maximum Gasteiger partial charge on any atom is 0.326 e. The summed E-state index contributed by atoms with van der Waals surface area (Å²) in [6.07, 6.45) is 3.72. The number of benzene rings is 1. The lowest BCUT2D eigenvalue weighted by Crippen LogP contribution is -2.58. The van der Waals surface area contributed by atoms with Crippen LogP contribution in [-0.4, -0.2) is 84.7 Å². The smallest absolute Gasteiger partial charge is 0.326 e. The Morgan fingerprint density at radius 2 is 1.59 bits per heavy atom. The second-order valence-corrected chi connectivity index (χ2v) is 9.12. The summed E-state index contributed by atoms with van der Waals surface area (Å²) in [5.41, 5.74) is 7.58. The Balaban J connectivity index is 1.70. The Hall–Kier alpha value is -4.37. The quantitative estimate of drug-likeness (QED) is 0.109. The molecule has 1 aromatic carbocycles. The van der Waals surface area contributed by atoms with Crippen LogP contribution >= 0.6 is 12.6 Å². The van der Waals surface area contributed by atoms with Gasteiger partial charge < -0.3 is 41.9 Å². The number of nitrogens with two attached hydrogens (primary N) is 1. The van der Waals surface area contributed by atoms with Crippen molar-refractivity contribution in [2.24, 2.45) is 5.73 Å². The number of nitrogens with one attached hydrogen (secondary N) is 5. The normalized spacial score (nSPS) is 14.1. The highest BCUT2D eigenvalue weighted by atomic mass is 32.1. The Kier molecular flexibility index (Phi) is 10.1. The Morgan fingerprint density at radius 3 is 2.23 bits per heavy atom. The first-order valence-electron chi connectivity index (χ1n) is 11.8. The van der Waals surface area contributed by atoms with E-state index in [-0.39, 0.29) is 18.6 Å². The van der Waals surface area contributed by atoms with Crippen LogP contribution in [0.15, 0.2) is 43.0 Å². The number of carbonyl (C=O) groups is 5. The number of aliphatic carboxylic acids is 2. The molecule has 0 saturated heterocycles. The lowest BCUT2D eigenvalue weighted by atomic mass is 10.0. The first-order valence-corrected chi connectivity index (χ1v) is 12.5. The molecule has 0 aliphatic carbocycles. The molecular formula is C24H29N7O7S. The molecule has 4 atom stereocenters. The van der Waals surface area contributed by atoms with Gasteiger partial charge in [0.1, 0.15) is 18.1 Å². The molecule has 3 rings (SSSR count). The number of thiol groups is 1. The number of carboxylic acids is 2. The zero-order valence-electron chi connectivity index (χ0n) is 20.6. The van der Waals surface area contributed by atoms with Gasteiger partial charge in [0.2, 0.25) is 17.7 Å². The van der Waals surface area contributed by atoms with Crippen molar-refractivity contribution in [3.8, 4) is 0 Å². The molecule has 0 bridgehead atoms. The number of amides is 3. The summed E-state index contributed by atoms with van der Waals surface area (Å²) >= 11 is 4.12. The Morgan fingerprint density at radius 1 is 0.923 bits per heavy atom. The number of hydrogen-bond donors (Lipinski definition) is 9. The monoisotopic (exact) mass is 559 g/mol. The number of nitrogens with zero attached hydrogens (tertiary/aromatic N) is 1. The first-order chi connectivity index (χ1) is 18.6. The summed E-state index contributed by atoms with van der Waals surface area (Å²) in [4.78, 5) is 71.0. The highest BCUT2D eigenvalue weighted by Crippen LogP contribution is 2.19. The highest BCUT2D eigenvalue weighted by molar-refractivity contribution is 7.80. The third-order valence-corrected chi connectivity index (χ3v) is 6.24. The third-order valence-electron chi connectivity index (χ3n) is 5.87. The van der Waals surface area contributed by atoms with Gasteiger partial charge in [0.15, 0.2) is 0 Å². The molecule has 0 saturated carbocycles. The Bertz CT molecular complexity index is 1330. The lowest BCUT2D eigenvalue weighted by molar-refractivity contribution is -0.142. The van der Waals surface area contributed by atoms with Gasteiger partial charge in [-0.25, -0.2) is 9.78 Å². The fourth-order valence-electron chi connectivity index (χ4n) is 3.84. The van der Waals surface area contributed by atoms with E-state index in [1.807, 2.05) is 24.3 Å². The highest BCUT2D eigenvalue weighted by Gasteiger charge is 2.31. The molecule has 2 aromatic heterocycles. The number of aromatic nitrogens is 3. The van der Waals surface area contributed by atoms with Crippen molar-refractivity contribution in [2.75, 3.05) is 5.75 Å². The van der Waals surface area contributed by atoms with Crippen molar-refractivity contribution in [1.82, 2.24) is 30.9 Å². The second kappa shape index (κ2) is 13.4. The molecule has 208 valence electrons. The molecule has 9 N–H and O–H groups in total. The van der Waals surface area contributed by atoms with Crippen molar-refractivity contribution >= 4 is 53.2 Å². The molecule has 2 heterocycles. The molecule has 14 nitrogen and oxygen atoms in total. The van der Waals surface area contributed by atoms with Crippen LogP contribution in [0.4, 0.5) is 0 Å². The van der Waals surface area contributed by atoms with E-state index in [9.17, 15) is 29.1 Å². The molecule has 3 amide bonds. The van der Waals surface area contributed by atoms with E-state index in [0.29, 0.717) is 11.3 Å². The largest absolute Gasteiger partial charge is 0.481 e. The van der Waals surface area contributed by atoms with E-state index in [1.54, 1.807) is 6.20 Å². The zero-order chi connectivity index (χ0) is 28.5. The first kappa shape index (κ1) is 29.2. The van der Waals surface area contributed by atoms with Gasteiger partial charge in [-0.15, -0.1) is 0 Å². The molecule has 0 spiro atoms. The maximum atomic E-state index is 13.1. The van der Waals surface area contributed by atoms with Crippen LogP contribution in [0.1, 0.15) is 17.7 Å². The minimum atomic E-state index is -1.41. The van der Waals surface area contributed by atoms with Crippen molar-refractivity contribution < 1.29 is 34.2 Å². The number of fused-ring (bicyclic) bond motifs is 1. The van der Waals surface area contributed by atoms with Gasteiger partial charge in [-0.2, -0.15) is 12.6 Å². The number of imidazole rings is 1. The predicted octanol–water partition coefficient (Wildman–Crippen LogP) is -1.05. The van der Waals surface area contributed by atoms with E-state index in [0.717, 1.165) is 10.9 Å². The summed E-state index contributed by atoms with van der Waals surface area (Å²) in [6.45, 7) is 0. The van der Waals surface area contributed by atoms with Gasteiger partial charge in [-0.1, -0.05) is 18.2 Å². The predicted molar refractivity (Wildman–Crippen MR) is 142 cm³/mol. The number of rotatable bonds is 14. The maximum absolute atomic E-state index is 13.1. The SMILES string of the molecule is NC(CC(=O)O)C(=O)NC(Cc1cnc[nH]1)C(=O)NC(CS)C(=O)NC(Cc1c[nH]c2ccccc12)C(=O)O. The van der Waals surface area contributed by atoms with Crippen molar-refractivity contribution in [1.29, 1.82) is 0 Å². The van der Waals surface area contributed by atoms with E-state index >= 15 is 0 Å². The topological polar surface area (TPSA) is 232 Å². The van der Waals surface area contributed by atoms with E-state index in [1.165, 1.54) is 12.5 Å². The molecule has 15 heteroatoms. The summed E-state index contributed by atoms with van der Waals surface area (Å²) < 4.78 is 0.